The Morgan fingerprint density at radius 3 is 2.30 bits per heavy atom. The average Bonchev–Trinajstić information content (AvgIpc) is 2.47. The first-order valence-electron chi connectivity index (χ1n) is 6.29. The first-order chi connectivity index (χ1) is 9.61. The van der Waals surface area contributed by atoms with E-state index in [1.54, 1.807) is 6.07 Å². The molecule has 0 fully saturated rings. The quantitative estimate of drug-likeness (QED) is 0.807. The summed E-state index contributed by atoms with van der Waals surface area (Å²) in [6.07, 6.45) is 0.507. The molecule has 0 heterocycles. The zero-order valence-electron chi connectivity index (χ0n) is 10.9. The van der Waals surface area contributed by atoms with Crippen molar-refractivity contribution in [1.29, 1.82) is 0 Å². The van der Waals surface area contributed by atoms with Crippen molar-refractivity contribution in [3.05, 3.63) is 65.7 Å². The molecule has 0 aliphatic carbocycles. The van der Waals surface area contributed by atoms with E-state index in [4.69, 9.17) is 0 Å². The summed E-state index contributed by atoms with van der Waals surface area (Å²) < 4.78 is 26.9. The highest BCUT2D eigenvalue weighted by molar-refractivity contribution is 9.08. The summed E-state index contributed by atoms with van der Waals surface area (Å²) in [4.78, 5) is 0. The predicted octanol–water partition coefficient (Wildman–Crippen LogP) is 3.57. The van der Waals surface area contributed by atoms with Crippen LogP contribution in [-0.2, 0) is 21.8 Å². The van der Waals surface area contributed by atoms with Crippen molar-refractivity contribution < 1.29 is 8.42 Å². The molecule has 1 N–H and O–H groups in total. The first-order valence-corrected chi connectivity index (χ1v) is 9.06. The fourth-order valence-corrected chi connectivity index (χ4v) is 3.48. The fourth-order valence-electron chi connectivity index (χ4n) is 1.85. The molecule has 0 unspecified atom stereocenters. The van der Waals surface area contributed by atoms with Crippen LogP contribution in [0.5, 0.6) is 0 Å². The summed E-state index contributed by atoms with van der Waals surface area (Å²) in [6, 6.07) is 17.0. The molecule has 20 heavy (non-hydrogen) atoms. The number of halogens is 1. The van der Waals surface area contributed by atoms with E-state index in [-0.39, 0.29) is 5.75 Å². The second kappa shape index (κ2) is 6.90. The van der Waals surface area contributed by atoms with Gasteiger partial charge in [0, 0.05) is 5.33 Å². The van der Waals surface area contributed by atoms with Crippen molar-refractivity contribution >= 4 is 31.6 Å². The van der Waals surface area contributed by atoms with E-state index >= 15 is 0 Å². The van der Waals surface area contributed by atoms with Gasteiger partial charge in [-0.15, -0.1) is 0 Å². The smallest absolute Gasteiger partial charge is 0.233 e. The molecule has 2 aromatic rings. The Morgan fingerprint density at radius 1 is 0.950 bits per heavy atom. The minimum Gasteiger partial charge on any atom is -0.283 e. The Bertz CT molecular complexity index is 657. The number of para-hydroxylation sites is 1. The molecule has 0 aliphatic rings. The van der Waals surface area contributed by atoms with Gasteiger partial charge in [-0.1, -0.05) is 64.5 Å². The molecular weight excluding hydrogens is 338 g/mol. The minimum absolute atomic E-state index is 0.0770. The van der Waals surface area contributed by atoms with Crippen LogP contribution in [0, 0.1) is 0 Å². The lowest BCUT2D eigenvalue weighted by molar-refractivity contribution is 0.600. The second-order valence-electron chi connectivity index (χ2n) is 4.45. The largest absolute Gasteiger partial charge is 0.283 e. The fraction of sp³-hybridized carbons (Fsp3) is 0.200. The monoisotopic (exact) mass is 353 g/mol. The van der Waals surface area contributed by atoms with Crippen LogP contribution in [0.4, 0.5) is 5.69 Å². The van der Waals surface area contributed by atoms with Crippen molar-refractivity contribution in [3.8, 4) is 0 Å². The molecule has 3 nitrogen and oxygen atoms in total. The molecular formula is C15H16BrNO2S. The zero-order valence-corrected chi connectivity index (χ0v) is 13.3. The Balaban J connectivity index is 2.04. The standard InChI is InChI=1S/C15H16BrNO2S/c16-12-14-8-4-5-9-15(14)17-20(18,19)11-10-13-6-2-1-3-7-13/h1-9,17H,10-12H2. The van der Waals surface area contributed by atoms with E-state index in [0.29, 0.717) is 17.4 Å². The van der Waals surface area contributed by atoms with E-state index in [9.17, 15) is 8.42 Å². The third-order valence-corrected chi connectivity index (χ3v) is 4.81. The predicted molar refractivity (Wildman–Crippen MR) is 86.6 cm³/mol. The van der Waals surface area contributed by atoms with Gasteiger partial charge in [0.05, 0.1) is 11.4 Å². The number of nitrogens with one attached hydrogen (secondary N) is 1. The van der Waals surface area contributed by atoms with Gasteiger partial charge in [0.25, 0.3) is 0 Å². The van der Waals surface area contributed by atoms with Gasteiger partial charge >= 0.3 is 0 Å². The van der Waals surface area contributed by atoms with E-state index in [1.165, 1.54) is 0 Å². The molecule has 0 saturated heterocycles. The second-order valence-corrected chi connectivity index (χ2v) is 6.85. The van der Waals surface area contributed by atoms with Crippen molar-refractivity contribution in [3.63, 3.8) is 0 Å². The summed E-state index contributed by atoms with van der Waals surface area (Å²) >= 11 is 3.36. The van der Waals surface area contributed by atoms with Crippen LogP contribution in [0.2, 0.25) is 0 Å². The van der Waals surface area contributed by atoms with Crippen LogP contribution in [0.25, 0.3) is 0 Å². The molecule has 0 saturated carbocycles. The molecule has 0 aliphatic heterocycles. The summed E-state index contributed by atoms with van der Waals surface area (Å²) in [5.41, 5.74) is 2.58. The molecule has 0 amide bonds. The Kier molecular flexibility index (Phi) is 5.20. The van der Waals surface area contributed by atoms with E-state index in [2.05, 4.69) is 20.7 Å². The van der Waals surface area contributed by atoms with E-state index < -0.39 is 10.0 Å². The van der Waals surface area contributed by atoms with Gasteiger partial charge in [-0.25, -0.2) is 8.42 Å². The number of alkyl halides is 1. The molecule has 0 atom stereocenters. The Hall–Kier alpha value is -1.33. The summed E-state index contributed by atoms with van der Waals surface area (Å²) in [5.74, 6) is 0.0770. The molecule has 0 bridgehead atoms. The summed E-state index contributed by atoms with van der Waals surface area (Å²) in [7, 11) is -3.34. The highest BCUT2D eigenvalue weighted by Gasteiger charge is 2.12. The number of hydrogen-bond acceptors (Lipinski definition) is 2. The Labute approximate surface area is 128 Å². The highest BCUT2D eigenvalue weighted by atomic mass is 79.9. The number of benzene rings is 2. The normalized spacial score (nSPS) is 11.2. The van der Waals surface area contributed by atoms with Crippen molar-refractivity contribution in [2.45, 2.75) is 11.8 Å². The number of aryl methyl sites for hydroxylation is 1. The van der Waals surface area contributed by atoms with Crippen LogP contribution < -0.4 is 4.72 Å². The van der Waals surface area contributed by atoms with Gasteiger partial charge in [-0.3, -0.25) is 4.72 Å². The minimum atomic E-state index is -3.34. The lowest BCUT2D eigenvalue weighted by atomic mass is 10.2. The number of sulfonamides is 1. The number of rotatable bonds is 6. The third-order valence-electron chi connectivity index (χ3n) is 2.93. The summed E-state index contributed by atoms with van der Waals surface area (Å²) in [5, 5.41) is 0.615. The maximum absolute atomic E-state index is 12.1. The van der Waals surface area contributed by atoms with Gasteiger partial charge in [0.2, 0.25) is 10.0 Å². The molecule has 5 heteroatoms. The van der Waals surface area contributed by atoms with Gasteiger partial charge in [0.15, 0.2) is 0 Å². The summed E-state index contributed by atoms with van der Waals surface area (Å²) in [6.45, 7) is 0. The number of anilines is 1. The van der Waals surface area contributed by atoms with Gasteiger partial charge in [-0.05, 0) is 23.6 Å². The van der Waals surface area contributed by atoms with E-state index in [0.717, 1.165) is 11.1 Å². The molecule has 0 radical (unpaired) electrons. The molecule has 2 aromatic carbocycles. The molecule has 0 spiro atoms. The zero-order chi connectivity index (χ0) is 14.4. The van der Waals surface area contributed by atoms with Crippen molar-refractivity contribution in [2.24, 2.45) is 0 Å². The maximum atomic E-state index is 12.1. The van der Waals surface area contributed by atoms with Crippen LogP contribution >= 0.6 is 15.9 Å². The van der Waals surface area contributed by atoms with Crippen molar-refractivity contribution in [1.82, 2.24) is 0 Å². The molecule has 0 aromatic heterocycles. The maximum Gasteiger partial charge on any atom is 0.233 e. The van der Waals surface area contributed by atoms with Gasteiger partial charge in [-0.2, -0.15) is 0 Å². The topological polar surface area (TPSA) is 46.2 Å². The van der Waals surface area contributed by atoms with E-state index in [1.807, 2.05) is 48.5 Å². The van der Waals surface area contributed by atoms with Crippen LogP contribution in [0.1, 0.15) is 11.1 Å². The third kappa shape index (κ3) is 4.35. The lowest BCUT2D eigenvalue weighted by Crippen LogP contribution is -2.19. The SMILES string of the molecule is O=S(=O)(CCc1ccccc1)Nc1ccccc1CBr. The number of hydrogen-bond donors (Lipinski definition) is 1. The Morgan fingerprint density at radius 2 is 1.60 bits per heavy atom. The van der Waals surface area contributed by atoms with Gasteiger partial charge < -0.3 is 0 Å². The van der Waals surface area contributed by atoms with Crippen LogP contribution in [0.15, 0.2) is 54.6 Å². The molecule has 106 valence electrons. The lowest BCUT2D eigenvalue weighted by Gasteiger charge is -2.11. The first kappa shape index (κ1) is 15.1. The van der Waals surface area contributed by atoms with Crippen LogP contribution in [0.3, 0.4) is 0 Å². The van der Waals surface area contributed by atoms with Crippen molar-refractivity contribution in [2.75, 3.05) is 10.5 Å². The highest BCUT2D eigenvalue weighted by Crippen LogP contribution is 2.19. The van der Waals surface area contributed by atoms with Crippen LogP contribution in [-0.4, -0.2) is 14.2 Å². The molecule has 2 rings (SSSR count). The van der Waals surface area contributed by atoms with Gasteiger partial charge in [0.1, 0.15) is 0 Å². The average molecular weight is 354 g/mol.